The van der Waals surface area contributed by atoms with E-state index in [1.807, 2.05) is 6.07 Å². The first-order valence-electron chi connectivity index (χ1n) is 7.38. The molecule has 1 amide bonds. The van der Waals surface area contributed by atoms with Crippen molar-refractivity contribution < 1.29 is 9.53 Å². The summed E-state index contributed by atoms with van der Waals surface area (Å²) in [6.07, 6.45) is 3.55. The van der Waals surface area contributed by atoms with Gasteiger partial charge in [0.1, 0.15) is 5.75 Å². The number of anilines is 2. The number of carbonyl (C=O) groups excluding carboxylic acids is 1. The van der Waals surface area contributed by atoms with E-state index in [-0.39, 0.29) is 12.5 Å². The molecule has 0 aliphatic carbocycles. The summed E-state index contributed by atoms with van der Waals surface area (Å²) in [5.41, 5.74) is 1.48. The van der Waals surface area contributed by atoms with E-state index in [0.29, 0.717) is 28.5 Å². The quantitative estimate of drug-likeness (QED) is 0.800. The highest BCUT2D eigenvalue weighted by Gasteiger charge is 2.20. The second-order valence-corrected chi connectivity index (χ2v) is 6.15. The molecule has 1 aromatic carbocycles. The standard InChI is InChI=1S/C15H20ClN3O2/c1-9(5-10-3-2-4-17-10)18-12-7-14-13(6-11(12)16)19-15(20)8-21-14/h6-7,9-10,17-18H,2-5,8H2,1H3,(H,19,20). The van der Waals surface area contributed by atoms with Crippen LogP contribution in [-0.2, 0) is 4.79 Å². The molecule has 0 saturated carbocycles. The van der Waals surface area contributed by atoms with Crippen molar-refractivity contribution in [2.24, 2.45) is 0 Å². The molecule has 2 heterocycles. The molecule has 6 heteroatoms. The minimum absolute atomic E-state index is 0.0512. The van der Waals surface area contributed by atoms with Crippen molar-refractivity contribution in [2.75, 3.05) is 23.8 Å². The minimum Gasteiger partial charge on any atom is -0.482 e. The maximum atomic E-state index is 11.3. The Labute approximate surface area is 129 Å². The molecule has 2 atom stereocenters. The van der Waals surface area contributed by atoms with E-state index in [4.69, 9.17) is 16.3 Å². The first kappa shape index (κ1) is 14.5. The molecule has 21 heavy (non-hydrogen) atoms. The summed E-state index contributed by atoms with van der Waals surface area (Å²) in [7, 11) is 0. The molecule has 1 aromatic rings. The molecule has 0 bridgehead atoms. The van der Waals surface area contributed by atoms with E-state index >= 15 is 0 Å². The monoisotopic (exact) mass is 309 g/mol. The Morgan fingerprint density at radius 2 is 2.38 bits per heavy atom. The Balaban J connectivity index is 1.68. The van der Waals surface area contributed by atoms with Crippen LogP contribution in [-0.4, -0.2) is 31.1 Å². The molecular formula is C15H20ClN3O2. The van der Waals surface area contributed by atoms with Crippen LogP contribution in [0.1, 0.15) is 26.2 Å². The predicted molar refractivity (Wildman–Crippen MR) is 84.3 cm³/mol. The third-order valence-corrected chi connectivity index (χ3v) is 4.22. The van der Waals surface area contributed by atoms with Gasteiger partial charge < -0.3 is 20.7 Å². The van der Waals surface area contributed by atoms with Gasteiger partial charge in [-0.25, -0.2) is 0 Å². The van der Waals surface area contributed by atoms with Gasteiger partial charge in [-0.3, -0.25) is 4.79 Å². The van der Waals surface area contributed by atoms with Crippen LogP contribution in [0.3, 0.4) is 0 Å². The highest BCUT2D eigenvalue weighted by atomic mass is 35.5. The van der Waals surface area contributed by atoms with Gasteiger partial charge in [-0.2, -0.15) is 0 Å². The fourth-order valence-electron chi connectivity index (χ4n) is 2.92. The summed E-state index contributed by atoms with van der Waals surface area (Å²) in [6.45, 7) is 3.32. The summed E-state index contributed by atoms with van der Waals surface area (Å²) in [4.78, 5) is 11.3. The molecular weight excluding hydrogens is 290 g/mol. The summed E-state index contributed by atoms with van der Waals surface area (Å²) in [6, 6.07) is 4.49. The van der Waals surface area contributed by atoms with E-state index < -0.39 is 0 Å². The molecule has 0 aromatic heterocycles. The maximum Gasteiger partial charge on any atom is 0.262 e. The number of rotatable bonds is 4. The SMILES string of the molecule is CC(CC1CCCN1)Nc1cc2c(cc1Cl)NC(=O)CO2. The van der Waals surface area contributed by atoms with Gasteiger partial charge in [0.2, 0.25) is 0 Å². The van der Waals surface area contributed by atoms with E-state index in [9.17, 15) is 4.79 Å². The van der Waals surface area contributed by atoms with Gasteiger partial charge >= 0.3 is 0 Å². The fourth-order valence-corrected chi connectivity index (χ4v) is 3.14. The molecule has 1 fully saturated rings. The van der Waals surface area contributed by atoms with Crippen molar-refractivity contribution in [3.63, 3.8) is 0 Å². The third kappa shape index (κ3) is 3.41. The maximum absolute atomic E-state index is 11.3. The van der Waals surface area contributed by atoms with Gasteiger partial charge in [0.05, 0.1) is 16.4 Å². The zero-order valence-electron chi connectivity index (χ0n) is 12.0. The zero-order chi connectivity index (χ0) is 14.8. The second kappa shape index (κ2) is 6.12. The molecule has 0 spiro atoms. The lowest BCUT2D eigenvalue weighted by molar-refractivity contribution is -0.118. The van der Waals surface area contributed by atoms with Gasteiger partial charge in [0, 0.05) is 18.2 Å². The lowest BCUT2D eigenvalue weighted by Crippen LogP contribution is -2.29. The summed E-state index contributed by atoms with van der Waals surface area (Å²) < 4.78 is 5.42. The molecule has 114 valence electrons. The number of benzene rings is 1. The normalized spacial score (nSPS) is 22.2. The molecule has 3 N–H and O–H groups in total. The second-order valence-electron chi connectivity index (χ2n) is 5.74. The summed E-state index contributed by atoms with van der Waals surface area (Å²) in [5.74, 6) is 0.507. The van der Waals surface area contributed by atoms with Crippen LogP contribution < -0.4 is 20.7 Å². The molecule has 5 nitrogen and oxygen atoms in total. The van der Waals surface area contributed by atoms with Crippen LogP contribution in [0.5, 0.6) is 5.75 Å². The Hall–Kier alpha value is -1.46. The van der Waals surface area contributed by atoms with Crippen molar-refractivity contribution in [3.8, 4) is 5.75 Å². The lowest BCUT2D eigenvalue weighted by atomic mass is 10.1. The number of halogens is 1. The molecule has 2 aliphatic heterocycles. The van der Waals surface area contributed by atoms with E-state index in [1.165, 1.54) is 12.8 Å². The lowest BCUT2D eigenvalue weighted by Gasteiger charge is -2.23. The summed E-state index contributed by atoms with van der Waals surface area (Å²) in [5, 5.41) is 10.3. The Kier molecular flexibility index (Phi) is 4.22. The Morgan fingerprint density at radius 1 is 1.52 bits per heavy atom. The zero-order valence-corrected chi connectivity index (χ0v) is 12.8. The smallest absolute Gasteiger partial charge is 0.262 e. The van der Waals surface area contributed by atoms with Gasteiger partial charge in [-0.1, -0.05) is 11.6 Å². The molecule has 3 rings (SSSR count). The van der Waals surface area contributed by atoms with Crippen LogP contribution >= 0.6 is 11.6 Å². The van der Waals surface area contributed by atoms with Crippen LogP contribution in [0, 0.1) is 0 Å². The predicted octanol–water partition coefficient (Wildman–Crippen LogP) is 2.61. The molecule has 0 radical (unpaired) electrons. The first-order chi connectivity index (χ1) is 10.1. The Morgan fingerprint density at radius 3 is 3.14 bits per heavy atom. The molecule has 2 unspecified atom stereocenters. The van der Waals surface area contributed by atoms with Crippen LogP contribution in [0.15, 0.2) is 12.1 Å². The number of carbonyl (C=O) groups is 1. The van der Waals surface area contributed by atoms with Gasteiger partial charge in [0.15, 0.2) is 6.61 Å². The fraction of sp³-hybridized carbons (Fsp3) is 0.533. The van der Waals surface area contributed by atoms with Gasteiger partial charge in [-0.05, 0) is 38.8 Å². The van der Waals surface area contributed by atoms with E-state index in [2.05, 4.69) is 22.9 Å². The van der Waals surface area contributed by atoms with Crippen LogP contribution in [0.2, 0.25) is 5.02 Å². The topological polar surface area (TPSA) is 62.4 Å². The number of ether oxygens (including phenoxy) is 1. The Bertz CT molecular complexity index is 544. The number of hydrogen-bond donors (Lipinski definition) is 3. The number of hydrogen-bond acceptors (Lipinski definition) is 4. The highest BCUT2D eigenvalue weighted by molar-refractivity contribution is 6.33. The largest absolute Gasteiger partial charge is 0.482 e. The van der Waals surface area contributed by atoms with Crippen LogP contribution in [0.4, 0.5) is 11.4 Å². The molecule has 1 saturated heterocycles. The van der Waals surface area contributed by atoms with Crippen molar-refractivity contribution in [3.05, 3.63) is 17.2 Å². The average Bonchev–Trinajstić information content (AvgIpc) is 2.92. The average molecular weight is 310 g/mol. The number of fused-ring (bicyclic) bond motifs is 1. The third-order valence-electron chi connectivity index (χ3n) is 3.90. The first-order valence-corrected chi connectivity index (χ1v) is 7.76. The molecule has 2 aliphatic rings. The minimum atomic E-state index is -0.153. The van der Waals surface area contributed by atoms with Crippen molar-refractivity contribution in [2.45, 2.75) is 38.3 Å². The van der Waals surface area contributed by atoms with Crippen molar-refractivity contribution >= 4 is 28.9 Å². The number of nitrogens with one attached hydrogen (secondary N) is 3. The van der Waals surface area contributed by atoms with Crippen molar-refractivity contribution in [1.82, 2.24) is 5.32 Å². The number of amides is 1. The highest BCUT2D eigenvalue weighted by Crippen LogP contribution is 2.36. The van der Waals surface area contributed by atoms with Gasteiger partial charge in [0.25, 0.3) is 5.91 Å². The van der Waals surface area contributed by atoms with Crippen molar-refractivity contribution in [1.29, 1.82) is 0 Å². The summed E-state index contributed by atoms with van der Waals surface area (Å²) >= 11 is 6.28. The van der Waals surface area contributed by atoms with Crippen LogP contribution in [0.25, 0.3) is 0 Å². The van der Waals surface area contributed by atoms with E-state index in [0.717, 1.165) is 18.7 Å². The van der Waals surface area contributed by atoms with E-state index in [1.54, 1.807) is 6.07 Å². The van der Waals surface area contributed by atoms with Gasteiger partial charge in [-0.15, -0.1) is 0 Å².